The summed E-state index contributed by atoms with van der Waals surface area (Å²) in [6, 6.07) is 28.2. The van der Waals surface area contributed by atoms with E-state index >= 15 is 0 Å². The zero-order valence-corrected chi connectivity index (χ0v) is 31.3. The molecule has 0 spiro atoms. The zero-order valence-electron chi connectivity index (χ0n) is 30.3. The minimum Gasteiger partial charge on any atom is -0.455 e. The smallest absolute Gasteiger partial charge is 0.338 e. The number of carbonyl (C=O) groups excluding carboxylic acids is 1. The van der Waals surface area contributed by atoms with Crippen LogP contribution >= 0.6 is 0 Å². The van der Waals surface area contributed by atoms with Crippen molar-refractivity contribution in [2.75, 3.05) is 6.61 Å². The molecule has 266 valence electrons. The molecular weight excluding hydrogens is 627 g/mol. The molecule has 3 aromatic carbocycles. The summed E-state index contributed by atoms with van der Waals surface area (Å²) in [6.07, 6.45) is 12.9. The molecule has 0 heterocycles. The first-order chi connectivity index (χ1) is 23.7. The van der Waals surface area contributed by atoms with Gasteiger partial charge in [0.05, 0.1) is 17.7 Å². The van der Waals surface area contributed by atoms with Crippen molar-refractivity contribution in [3.05, 3.63) is 107 Å². The molecule has 0 aliphatic rings. The standard InChI is InChI=1S/C41H59N3O4Si/c1-5-6-7-8-9-10-11-12-13-14-15-25-32-38(45)39(48-40(46)34-26-19-16-20-27-34)37(43-44-42)33-47-49(41(2,3)4,35-28-21-17-22-29-35)36-30-23-18-24-31-36/h16-24,26-31,37-39,45H,5-15,25,32-33H2,1-4H3/t37-,38+,39+/m0/s1. The summed E-state index contributed by atoms with van der Waals surface area (Å²) in [5.41, 5.74) is 10.1. The Bertz CT molecular complexity index is 1340. The lowest BCUT2D eigenvalue weighted by Gasteiger charge is -2.44. The Morgan fingerprint density at radius 3 is 1.65 bits per heavy atom. The molecular formula is C41H59N3O4Si. The van der Waals surface area contributed by atoms with Gasteiger partial charge in [-0.2, -0.15) is 0 Å². The molecule has 3 atom stereocenters. The van der Waals surface area contributed by atoms with Crippen LogP contribution in [0.3, 0.4) is 0 Å². The fraction of sp³-hybridized carbons (Fsp3) is 0.537. The van der Waals surface area contributed by atoms with E-state index in [1.807, 2.05) is 42.5 Å². The van der Waals surface area contributed by atoms with E-state index in [2.05, 4.69) is 62.0 Å². The molecule has 0 unspecified atom stereocenters. The first kappa shape index (κ1) is 40.0. The highest BCUT2D eigenvalue weighted by atomic mass is 28.4. The van der Waals surface area contributed by atoms with Crippen LogP contribution < -0.4 is 10.4 Å². The van der Waals surface area contributed by atoms with Crippen LogP contribution in [0.15, 0.2) is 96.1 Å². The lowest BCUT2D eigenvalue weighted by Crippen LogP contribution is -2.67. The van der Waals surface area contributed by atoms with Crippen molar-refractivity contribution < 1.29 is 19.1 Å². The van der Waals surface area contributed by atoms with Crippen LogP contribution in [0.25, 0.3) is 10.4 Å². The maximum atomic E-state index is 13.3. The molecule has 0 amide bonds. The quantitative estimate of drug-likeness (QED) is 0.0268. The second-order valence-corrected chi connectivity index (χ2v) is 18.5. The Balaban J connectivity index is 1.76. The van der Waals surface area contributed by atoms with Crippen LogP contribution in [-0.2, 0) is 9.16 Å². The molecule has 8 heteroatoms. The first-order valence-electron chi connectivity index (χ1n) is 18.5. The van der Waals surface area contributed by atoms with Gasteiger partial charge in [0.2, 0.25) is 0 Å². The zero-order chi connectivity index (χ0) is 35.4. The number of hydrogen-bond donors (Lipinski definition) is 1. The fourth-order valence-electron chi connectivity index (χ4n) is 6.77. The van der Waals surface area contributed by atoms with E-state index in [4.69, 9.17) is 9.16 Å². The monoisotopic (exact) mass is 685 g/mol. The molecule has 0 bridgehead atoms. The predicted molar refractivity (Wildman–Crippen MR) is 204 cm³/mol. The van der Waals surface area contributed by atoms with E-state index in [9.17, 15) is 15.4 Å². The van der Waals surface area contributed by atoms with Gasteiger partial charge >= 0.3 is 5.97 Å². The van der Waals surface area contributed by atoms with E-state index in [0.29, 0.717) is 12.0 Å². The van der Waals surface area contributed by atoms with Crippen molar-refractivity contribution >= 4 is 24.7 Å². The third-order valence-electron chi connectivity index (χ3n) is 9.45. The van der Waals surface area contributed by atoms with Gasteiger partial charge in [-0.25, -0.2) is 4.79 Å². The lowest BCUT2D eigenvalue weighted by molar-refractivity contribution is -0.0375. The van der Waals surface area contributed by atoms with Gasteiger partial charge < -0.3 is 14.3 Å². The van der Waals surface area contributed by atoms with E-state index in [1.54, 1.807) is 24.3 Å². The Morgan fingerprint density at radius 2 is 1.20 bits per heavy atom. The van der Waals surface area contributed by atoms with Crippen LogP contribution in [0.1, 0.15) is 122 Å². The van der Waals surface area contributed by atoms with Crippen LogP contribution in [-0.4, -0.2) is 44.2 Å². The van der Waals surface area contributed by atoms with E-state index in [0.717, 1.165) is 29.6 Å². The number of aliphatic hydroxyl groups excluding tert-OH is 1. The van der Waals surface area contributed by atoms with Crippen molar-refractivity contribution in [3.63, 3.8) is 0 Å². The summed E-state index contributed by atoms with van der Waals surface area (Å²) in [5, 5.41) is 17.6. The van der Waals surface area contributed by atoms with Gasteiger partial charge in [-0.05, 0) is 39.5 Å². The molecule has 0 saturated heterocycles. The molecule has 0 radical (unpaired) electrons. The number of benzene rings is 3. The van der Waals surface area contributed by atoms with Crippen molar-refractivity contribution in [2.45, 2.75) is 134 Å². The highest BCUT2D eigenvalue weighted by Crippen LogP contribution is 2.37. The van der Waals surface area contributed by atoms with Gasteiger partial charge in [0.25, 0.3) is 8.32 Å². The Kier molecular flexibility index (Phi) is 17.7. The number of carbonyl (C=O) groups is 1. The molecule has 0 fully saturated rings. The van der Waals surface area contributed by atoms with E-state index < -0.39 is 32.5 Å². The maximum Gasteiger partial charge on any atom is 0.338 e. The highest BCUT2D eigenvalue weighted by Gasteiger charge is 2.51. The maximum absolute atomic E-state index is 13.3. The number of nitrogens with zero attached hydrogens (tertiary/aromatic N) is 3. The molecule has 7 nitrogen and oxygen atoms in total. The van der Waals surface area contributed by atoms with E-state index in [-0.39, 0.29) is 11.6 Å². The van der Waals surface area contributed by atoms with Crippen LogP contribution in [0, 0.1) is 0 Å². The topological polar surface area (TPSA) is 105 Å². The molecule has 3 rings (SSSR count). The van der Waals surface area contributed by atoms with Gasteiger partial charge in [-0.1, -0.05) is 189 Å². The Morgan fingerprint density at radius 1 is 0.755 bits per heavy atom. The molecule has 0 aliphatic carbocycles. The summed E-state index contributed by atoms with van der Waals surface area (Å²) < 4.78 is 13.1. The average Bonchev–Trinajstić information content (AvgIpc) is 3.11. The van der Waals surface area contributed by atoms with Gasteiger partial charge in [0.1, 0.15) is 6.10 Å². The van der Waals surface area contributed by atoms with Crippen LogP contribution in [0.2, 0.25) is 5.04 Å². The average molecular weight is 686 g/mol. The second kappa shape index (κ2) is 21.6. The third-order valence-corrected chi connectivity index (χ3v) is 14.5. The molecule has 49 heavy (non-hydrogen) atoms. The number of azide groups is 1. The van der Waals surface area contributed by atoms with Crippen molar-refractivity contribution in [3.8, 4) is 0 Å². The SMILES string of the molecule is CCCCCCCCCCCCCC[C@@H](O)[C@H](OC(=O)c1ccccc1)[C@H](CO[Si](c1ccccc1)(c1ccccc1)C(C)(C)C)N=[N+]=[N-]. The minimum atomic E-state index is -2.99. The number of aliphatic hydroxyl groups is 1. The predicted octanol–water partition coefficient (Wildman–Crippen LogP) is 9.92. The molecule has 0 aliphatic heterocycles. The number of ether oxygens (including phenoxy) is 1. The van der Waals surface area contributed by atoms with Gasteiger partial charge in [-0.15, -0.1) is 0 Å². The molecule has 3 aromatic rings. The molecule has 0 aromatic heterocycles. The van der Waals surface area contributed by atoms with Gasteiger partial charge in [0.15, 0.2) is 0 Å². The lowest BCUT2D eigenvalue weighted by atomic mass is 9.99. The number of rotatable bonds is 23. The summed E-state index contributed by atoms with van der Waals surface area (Å²) in [4.78, 5) is 16.5. The van der Waals surface area contributed by atoms with Crippen LogP contribution in [0.5, 0.6) is 0 Å². The third kappa shape index (κ3) is 12.4. The minimum absolute atomic E-state index is 0.0143. The normalized spacial score (nSPS) is 13.7. The Hall–Kier alpha value is -3.42. The number of unbranched alkanes of at least 4 members (excludes halogenated alkanes) is 11. The first-order valence-corrected chi connectivity index (χ1v) is 20.4. The summed E-state index contributed by atoms with van der Waals surface area (Å²) in [5.74, 6) is -0.567. The fourth-order valence-corrected chi connectivity index (χ4v) is 11.3. The summed E-state index contributed by atoms with van der Waals surface area (Å²) >= 11 is 0. The number of esters is 1. The highest BCUT2D eigenvalue weighted by molar-refractivity contribution is 6.99. The van der Waals surface area contributed by atoms with Gasteiger partial charge in [-0.3, -0.25) is 0 Å². The summed E-state index contributed by atoms with van der Waals surface area (Å²) in [7, 11) is -2.99. The largest absolute Gasteiger partial charge is 0.455 e. The van der Waals surface area contributed by atoms with Crippen molar-refractivity contribution in [1.29, 1.82) is 0 Å². The summed E-state index contributed by atoms with van der Waals surface area (Å²) in [6.45, 7) is 8.77. The van der Waals surface area contributed by atoms with Crippen molar-refractivity contribution in [2.24, 2.45) is 5.11 Å². The number of hydrogen-bond acceptors (Lipinski definition) is 5. The molecule has 1 N–H and O–H groups in total. The van der Waals surface area contributed by atoms with Crippen LogP contribution in [0.4, 0.5) is 0 Å². The van der Waals surface area contributed by atoms with Crippen molar-refractivity contribution in [1.82, 2.24) is 0 Å². The van der Waals surface area contributed by atoms with E-state index in [1.165, 1.54) is 57.8 Å². The molecule has 0 saturated carbocycles. The Labute approximate surface area is 296 Å². The second-order valence-electron chi connectivity index (χ2n) is 14.2. The van der Waals surface area contributed by atoms with Gasteiger partial charge in [0, 0.05) is 11.5 Å².